The number of amides is 1. The average molecular weight is 452 g/mol. The molecule has 3 rings (SSSR count). The predicted octanol–water partition coefficient (Wildman–Crippen LogP) is 4.88. The molecular weight excluding hydrogens is 430 g/mol. The van der Waals surface area contributed by atoms with E-state index in [1.165, 1.54) is 16.9 Å². The maximum atomic E-state index is 12.8. The Morgan fingerprint density at radius 2 is 1.92 bits per heavy atom. The van der Waals surface area contributed by atoms with Gasteiger partial charge in [-0.05, 0) is 50.1 Å². The van der Waals surface area contributed by atoms with Gasteiger partial charge in [0.2, 0.25) is 0 Å². The largest absolute Gasteiger partial charge is 0.386 e. The van der Waals surface area contributed by atoms with E-state index in [2.05, 4.69) is 43.7 Å². The molecule has 2 N–H and O–H groups in total. The minimum atomic E-state index is -0.0605. The van der Waals surface area contributed by atoms with E-state index < -0.39 is 0 Å². The van der Waals surface area contributed by atoms with E-state index in [9.17, 15) is 4.79 Å². The number of nitrogens with zero attached hydrogens (tertiary/aromatic N) is 1. The van der Waals surface area contributed by atoms with E-state index in [1.807, 2.05) is 45.2 Å². The summed E-state index contributed by atoms with van der Waals surface area (Å²) in [5, 5.41) is 7.24. The number of hydrogen-bond acceptors (Lipinski definition) is 4. The van der Waals surface area contributed by atoms with Crippen LogP contribution in [0.4, 0.5) is 5.69 Å². The van der Waals surface area contributed by atoms with Gasteiger partial charge in [0.25, 0.3) is 5.91 Å². The van der Waals surface area contributed by atoms with Crippen molar-refractivity contribution < 1.29 is 4.79 Å². The van der Waals surface area contributed by atoms with E-state index in [-0.39, 0.29) is 25.4 Å². The number of rotatable bonds is 5. The van der Waals surface area contributed by atoms with Crippen molar-refractivity contribution in [3.05, 3.63) is 57.0 Å². The number of nitrogens with one attached hydrogen (secondary N) is 2. The molecule has 0 aliphatic rings. The highest BCUT2D eigenvalue weighted by molar-refractivity contribution is 9.10. The fourth-order valence-electron chi connectivity index (χ4n) is 2.79. The number of aromatic nitrogens is 1. The standard InChI is InChI=1S/C19H20BrN3OS.H2S/c1-11-4-9-15-16(21-3)17(25-19(15)23-11)18(24)22-12(2)10-13-5-7-14(20)8-6-13;/h4-9,12,21H,10H2,1-3H3,(H,22,24);1H2/t12-;/m0./s1. The van der Waals surface area contributed by atoms with E-state index in [4.69, 9.17) is 0 Å². The van der Waals surface area contributed by atoms with E-state index >= 15 is 0 Å². The lowest BCUT2D eigenvalue weighted by atomic mass is 10.1. The first-order valence-corrected chi connectivity index (χ1v) is 9.72. The molecule has 0 spiro atoms. The highest BCUT2D eigenvalue weighted by Gasteiger charge is 2.20. The van der Waals surface area contributed by atoms with Crippen molar-refractivity contribution in [1.29, 1.82) is 0 Å². The summed E-state index contributed by atoms with van der Waals surface area (Å²) in [4.78, 5) is 18.9. The van der Waals surface area contributed by atoms with E-state index in [0.29, 0.717) is 4.88 Å². The Labute approximate surface area is 173 Å². The van der Waals surface area contributed by atoms with Gasteiger partial charge in [0, 0.05) is 28.6 Å². The zero-order valence-electron chi connectivity index (χ0n) is 14.9. The smallest absolute Gasteiger partial charge is 0.263 e. The summed E-state index contributed by atoms with van der Waals surface area (Å²) >= 11 is 4.87. The van der Waals surface area contributed by atoms with E-state index in [1.54, 1.807) is 0 Å². The van der Waals surface area contributed by atoms with E-state index in [0.717, 1.165) is 32.5 Å². The molecular formula is C19H22BrN3OS2. The highest BCUT2D eigenvalue weighted by atomic mass is 79.9. The summed E-state index contributed by atoms with van der Waals surface area (Å²) in [6, 6.07) is 12.2. The van der Waals surface area contributed by atoms with Gasteiger partial charge in [-0.3, -0.25) is 4.79 Å². The number of carbonyl (C=O) groups is 1. The molecule has 0 aliphatic carbocycles. The van der Waals surface area contributed by atoms with Crippen molar-refractivity contribution in [1.82, 2.24) is 10.3 Å². The minimum absolute atomic E-state index is 0. The van der Waals surface area contributed by atoms with Crippen LogP contribution in [0, 0.1) is 6.92 Å². The Hall–Kier alpha value is -1.57. The summed E-state index contributed by atoms with van der Waals surface area (Å²) in [7, 11) is 1.84. The molecule has 4 nitrogen and oxygen atoms in total. The van der Waals surface area contributed by atoms with Crippen LogP contribution in [-0.2, 0) is 6.42 Å². The molecule has 2 heterocycles. The Morgan fingerprint density at radius 1 is 1.23 bits per heavy atom. The molecule has 0 saturated carbocycles. The first-order valence-electron chi connectivity index (χ1n) is 8.11. The zero-order valence-corrected chi connectivity index (χ0v) is 18.3. The van der Waals surface area contributed by atoms with Crippen LogP contribution in [0.15, 0.2) is 40.9 Å². The number of halogens is 1. The van der Waals surface area contributed by atoms with Gasteiger partial charge in [0.05, 0.1) is 5.69 Å². The molecule has 1 amide bonds. The number of pyridine rings is 1. The number of benzene rings is 1. The first kappa shape index (κ1) is 20.7. The monoisotopic (exact) mass is 451 g/mol. The molecule has 1 aromatic carbocycles. The number of anilines is 1. The number of fused-ring (bicyclic) bond motifs is 1. The van der Waals surface area contributed by atoms with Crippen molar-refractivity contribution in [3.8, 4) is 0 Å². The zero-order chi connectivity index (χ0) is 18.0. The summed E-state index contributed by atoms with van der Waals surface area (Å²) < 4.78 is 1.06. The third-order valence-electron chi connectivity index (χ3n) is 3.98. The van der Waals surface area contributed by atoms with Gasteiger partial charge in [-0.1, -0.05) is 28.1 Å². The fraction of sp³-hybridized carbons (Fsp3) is 0.263. The van der Waals surface area contributed by atoms with Gasteiger partial charge in [-0.25, -0.2) is 4.98 Å². The first-order chi connectivity index (χ1) is 12.0. The van der Waals surface area contributed by atoms with Crippen molar-refractivity contribution in [2.24, 2.45) is 0 Å². The predicted molar refractivity (Wildman–Crippen MR) is 119 cm³/mol. The van der Waals surface area contributed by atoms with Crippen LogP contribution in [0.3, 0.4) is 0 Å². The number of hydrogen-bond donors (Lipinski definition) is 2. The molecule has 0 aliphatic heterocycles. The molecule has 2 aromatic heterocycles. The van der Waals surface area contributed by atoms with Crippen LogP contribution in [-0.4, -0.2) is 24.0 Å². The second-order valence-electron chi connectivity index (χ2n) is 6.07. The minimum Gasteiger partial charge on any atom is -0.386 e. The Bertz CT molecular complexity index is 909. The quantitative estimate of drug-likeness (QED) is 0.580. The lowest BCUT2D eigenvalue weighted by Crippen LogP contribution is -2.33. The van der Waals surface area contributed by atoms with Crippen molar-refractivity contribution >= 4 is 62.6 Å². The van der Waals surface area contributed by atoms with Crippen molar-refractivity contribution in [3.63, 3.8) is 0 Å². The molecule has 26 heavy (non-hydrogen) atoms. The Morgan fingerprint density at radius 3 is 2.58 bits per heavy atom. The molecule has 0 saturated heterocycles. The number of thiophene rings is 1. The maximum Gasteiger partial charge on any atom is 0.263 e. The Kier molecular flexibility index (Phi) is 7.08. The summed E-state index contributed by atoms with van der Waals surface area (Å²) in [6.45, 7) is 3.98. The van der Waals surface area contributed by atoms with Gasteiger partial charge >= 0.3 is 0 Å². The molecule has 1 atom stereocenters. The highest BCUT2D eigenvalue weighted by Crippen LogP contribution is 2.34. The van der Waals surface area contributed by atoms with Crippen LogP contribution in [0.2, 0.25) is 0 Å². The lowest BCUT2D eigenvalue weighted by molar-refractivity contribution is 0.0945. The van der Waals surface area contributed by atoms with Crippen LogP contribution in [0.5, 0.6) is 0 Å². The van der Waals surface area contributed by atoms with Gasteiger partial charge in [0.15, 0.2) is 0 Å². The third-order valence-corrected chi connectivity index (χ3v) is 5.61. The van der Waals surface area contributed by atoms with Gasteiger partial charge < -0.3 is 10.6 Å². The van der Waals surface area contributed by atoms with Gasteiger partial charge in [0.1, 0.15) is 9.71 Å². The lowest BCUT2D eigenvalue weighted by Gasteiger charge is -2.14. The fourth-order valence-corrected chi connectivity index (χ4v) is 4.19. The molecule has 0 unspecified atom stereocenters. The normalized spacial score (nSPS) is 11.7. The van der Waals surface area contributed by atoms with Crippen molar-refractivity contribution in [2.45, 2.75) is 26.3 Å². The second kappa shape index (κ2) is 8.88. The van der Waals surface area contributed by atoms with Crippen LogP contribution in [0.1, 0.15) is 27.9 Å². The average Bonchev–Trinajstić information content (AvgIpc) is 2.94. The van der Waals surface area contributed by atoms with Crippen LogP contribution in [0.25, 0.3) is 10.2 Å². The number of carbonyl (C=O) groups excluding carboxylic acids is 1. The third kappa shape index (κ3) is 4.58. The molecule has 138 valence electrons. The Balaban J connectivity index is 0.00000243. The summed E-state index contributed by atoms with van der Waals surface area (Å²) in [5.74, 6) is -0.0605. The number of aryl methyl sites for hydroxylation is 1. The molecule has 0 fully saturated rings. The van der Waals surface area contributed by atoms with Crippen molar-refractivity contribution in [2.75, 3.05) is 12.4 Å². The van der Waals surface area contributed by atoms with Crippen LogP contribution >= 0.6 is 40.8 Å². The summed E-state index contributed by atoms with van der Waals surface area (Å²) in [6.07, 6.45) is 0.788. The molecule has 3 aromatic rings. The summed E-state index contributed by atoms with van der Waals surface area (Å²) in [5.41, 5.74) is 2.99. The van der Waals surface area contributed by atoms with Crippen LogP contribution < -0.4 is 10.6 Å². The topological polar surface area (TPSA) is 54.0 Å². The second-order valence-corrected chi connectivity index (χ2v) is 7.98. The maximum absolute atomic E-state index is 12.8. The SMILES string of the molecule is CNc1c(C(=O)N[C@@H](C)Cc2ccc(Br)cc2)sc2nc(C)ccc12.S. The molecule has 7 heteroatoms. The van der Waals surface area contributed by atoms with Gasteiger partial charge in [-0.15, -0.1) is 11.3 Å². The van der Waals surface area contributed by atoms with Gasteiger partial charge in [-0.2, -0.15) is 13.5 Å². The molecule has 0 bridgehead atoms. The molecule has 0 radical (unpaired) electrons.